The molecule has 6 heteroatoms. The Hall–Kier alpha value is -1.98. The van der Waals surface area contributed by atoms with Gasteiger partial charge in [-0.05, 0) is 38.0 Å². The van der Waals surface area contributed by atoms with E-state index in [1.54, 1.807) is 19.3 Å². The Morgan fingerprint density at radius 2 is 1.78 bits per heavy atom. The van der Waals surface area contributed by atoms with Crippen LogP contribution in [0, 0.1) is 5.92 Å². The number of carbonyl (C=O) groups excluding carboxylic acids is 2. The number of piperidine rings is 1. The average Bonchev–Trinajstić information content (AvgIpc) is 3.09. The smallest absolute Gasteiger partial charge is 0.274 e. The van der Waals surface area contributed by atoms with Gasteiger partial charge in [0, 0.05) is 45.5 Å². The summed E-state index contributed by atoms with van der Waals surface area (Å²) >= 11 is 0. The maximum atomic E-state index is 12.6. The molecule has 1 unspecified atom stereocenters. The largest absolute Gasteiger partial charge is 0.343 e. The molecule has 2 aliphatic heterocycles. The lowest BCUT2D eigenvalue weighted by atomic mass is 9.92. The first-order chi connectivity index (χ1) is 11.1. The van der Waals surface area contributed by atoms with Gasteiger partial charge >= 0.3 is 0 Å². The first-order valence-electron chi connectivity index (χ1n) is 8.50. The minimum absolute atomic E-state index is 0.00448. The number of nitrogens with zero attached hydrogens (tertiary/aromatic N) is 4. The van der Waals surface area contributed by atoms with Crippen LogP contribution in [0.25, 0.3) is 0 Å². The molecule has 3 rings (SSSR count). The van der Waals surface area contributed by atoms with E-state index in [-0.39, 0.29) is 11.8 Å². The van der Waals surface area contributed by atoms with Crippen LogP contribution >= 0.6 is 0 Å². The monoisotopic (exact) mass is 316 g/mol. The summed E-state index contributed by atoms with van der Waals surface area (Å²) in [5, 5.41) is 0. The molecule has 23 heavy (non-hydrogen) atoms. The molecule has 2 saturated heterocycles. The molecular formula is C17H24N4O2. The zero-order valence-corrected chi connectivity index (χ0v) is 13.7. The van der Waals surface area contributed by atoms with E-state index >= 15 is 0 Å². The fourth-order valence-electron chi connectivity index (χ4n) is 3.56. The van der Waals surface area contributed by atoms with Gasteiger partial charge in [-0.25, -0.2) is 4.98 Å². The van der Waals surface area contributed by atoms with Crippen molar-refractivity contribution < 1.29 is 9.59 Å². The van der Waals surface area contributed by atoms with Crippen molar-refractivity contribution in [2.45, 2.75) is 39.0 Å². The Balaban J connectivity index is 1.72. The maximum Gasteiger partial charge on any atom is 0.274 e. The third kappa shape index (κ3) is 3.68. The van der Waals surface area contributed by atoms with Crippen LogP contribution in [0.3, 0.4) is 0 Å². The number of carbonyl (C=O) groups is 2. The highest BCUT2D eigenvalue weighted by Crippen LogP contribution is 2.22. The summed E-state index contributed by atoms with van der Waals surface area (Å²) in [6.07, 6.45) is 8.18. The number of aromatic nitrogens is 2. The van der Waals surface area contributed by atoms with Crippen molar-refractivity contribution in [2.24, 2.45) is 5.92 Å². The van der Waals surface area contributed by atoms with Crippen LogP contribution in [0.1, 0.15) is 48.8 Å². The molecule has 6 nitrogen and oxygen atoms in total. The SMILES string of the molecule is CC(=O)N1CCCC(Cc2nccnc2C(=O)N2CCCC2)C1. The van der Waals surface area contributed by atoms with Gasteiger partial charge in [-0.1, -0.05) is 0 Å². The Bertz CT molecular complexity index is 584. The molecule has 3 heterocycles. The normalized spacial score (nSPS) is 21.5. The standard InChI is InChI=1S/C17H24N4O2/c1-13(22)21-10-4-5-14(12-21)11-15-16(19-7-6-18-15)17(23)20-8-2-3-9-20/h6-7,14H,2-5,8-12H2,1H3. The molecule has 1 aromatic heterocycles. The molecule has 0 N–H and O–H groups in total. The lowest BCUT2D eigenvalue weighted by Gasteiger charge is -2.32. The Morgan fingerprint density at radius 3 is 2.52 bits per heavy atom. The molecule has 0 radical (unpaired) electrons. The van der Waals surface area contributed by atoms with Crippen LogP contribution in [-0.2, 0) is 11.2 Å². The van der Waals surface area contributed by atoms with Gasteiger partial charge in [-0.15, -0.1) is 0 Å². The van der Waals surface area contributed by atoms with E-state index in [2.05, 4.69) is 9.97 Å². The van der Waals surface area contributed by atoms with E-state index < -0.39 is 0 Å². The molecule has 0 spiro atoms. The second kappa shape index (κ2) is 7.06. The van der Waals surface area contributed by atoms with Gasteiger partial charge in [-0.2, -0.15) is 0 Å². The molecule has 2 fully saturated rings. The van der Waals surface area contributed by atoms with Crippen molar-refractivity contribution in [3.8, 4) is 0 Å². The van der Waals surface area contributed by atoms with E-state index in [0.29, 0.717) is 18.0 Å². The number of amides is 2. The van der Waals surface area contributed by atoms with Crippen molar-refractivity contribution in [3.63, 3.8) is 0 Å². The second-order valence-electron chi connectivity index (χ2n) is 6.53. The van der Waals surface area contributed by atoms with Gasteiger partial charge in [0.2, 0.25) is 5.91 Å². The summed E-state index contributed by atoms with van der Waals surface area (Å²) in [7, 11) is 0. The molecule has 1 atom stereocenters. The fourth-order valence-corrected chi connectivity index (χ4v) is 3.56. The van der Waals surface area contributed by atoms with Gasteiger partial charge in [0.25, 0.3) is 5.91 Å². The van der Waals surface area contributed by atoms with Crippen LogP contribution in [0.5, 0.6) is 0 Å². The fraction of sp³-hybridized carbons (Fsp3) is 0.647. The van der Waals surface area contributed by atoms with Crippen LogP contribution in [0.15, 0.2) is 12.4 Å². The number of hydrogen-bond acceptors (Lipinski definition) is 4. The quantitative estimate of drug-likeness (QED) is 0.848. The highest BCUT2D eigenvalue weighted by atomic mass is 16.2. The summed E-state index contributed by atoms with van der Waals surface area (Å²) in [5.74, 6) is 0.488. The minimum Gasteiger partial charge on any atom is -0.343 e. The average molecular weight is 316 g/mol. The van der Waals surface area contributed by atoms with Crippen molar-refractivity contribution in [3.05, 3.63) is 23.8 Å². The molecule has 0 aliphatic carbocycles. The topological polar surface area (TPSA) is 66.4 Å². The first kappa shape index (κ1) is 15.9. The minimum atomic E-state index is 0.00448. The number of hydrogen-bond donors (Lipinski definition) is 0. The maximum absolute atomic E-state index is 12.6. The third-order valence-electron chi connectivity index (χ3n) is 4.82. The zero-order chi connectivity index (χ0) is 16.2. The summed E-state index contributed by atoms with van der Waals surface area (Å²) in [6.45, 7) is 4.84. The van der Waals surface area contributed by atoms with Gasteiger partial charge in [0.05, 0.1) is 5.69 Å². The third-order valence-corrected chi connectivity index (χ3v) is 4.82. The lowest BCUT2D eigenvalue weighted by Crippen LogP contribution is -2.39. The highest BCUT2D eigenvalue weighted by molar-refractivity contribution is 5.93. The van der Waals surface area contributed by atoms with Crippen molar-refractivity contribution in [1.29, 1.82) is 0 Å². The van der Waals surface area contributed by atoms with Crippen molar-refractivity contribution in [1.82, 2.24) is 19.8 Å². The molecule has 0 saturated carbocycles. The summed E-state index contributed by atoms with van der Waals surface area (Å²) in [5.41, 5.74) is 1.27. The highest BCUT2D eigenvalue weighted by Gasteiger charge is 2.27. The Morgan fingerprint density at radius 1 is 1.09 bits per heavy atom. The number of rotatable bonds is 3. The molecular weight excluding hydrogens is 292 g/mol. The predicted octanol–water partition coefficient (Wildman–Crippen LogP) is 1.51. The van der Waals surface area contributed by atoms with E-state index in [1.165, 1.54) is 0 Å². The molecule has 0 aromatic carbocycles. The molecule has 0 bridgehead atoms. The van der Waals surface area contributed by atoms with Gasteiger partial charge in [0.1, 0.15) is 5.69 Å². The first-order valence-corrected chi connectivity index (χ1v) is 8.50. The summed E-state index contributed by atoms with van der Waals surface area (Å²) < 4.78 is 0. The molecule has 2 amide bonds. The summed E-state index contributed by atoms with van der Waals surface area (Å²) in [4.78, 5) is 36.7. The van der Waals surface area contributed by atoms with Crippen molar-refractivity contribution >= 4 is 11.8 Å². The van der Waals surface area contributed by atoms with E-state index in [0.717, 1.165) is 57.6 Å². The Labute approximate surface area is 136 Å². The van der Waals surface area contributed by atoms with Crippen LogP contribution < -0.4 is 0 Å². The molecule has 124 valence electrons. The van der Waals surface area contributed by atoms with Crippen LogP contribution in [-0.4, -0.2) is 57.8 Å². The Kier molecular flexibility index (Phi) is 4.88. The van der Waals surface area contributed by atoms with Crippen LogP contribution in [0.2, 0.25) is 0 Å². The van der Waals surface area contributed by atoms with Gasteiger partial charge < -0.3 is 9.80 Å². The molecule has 2 aliphatic rings. The van der Waals surface area contributed by atoms with Crippen molar-refractivity contribution in [2.75, 3.05) is 26.2 Å². The predicted molar refractivity (Wildman–Crippen MR) is 85.9 cm³/mol. The summed E-state index contributed by atoms with van der Waals surface area (Å²) in [6, 6.07) is 0. The van der Waals surface area contributed by atoms with Gasteiger partial charge in [0.15, 0.2) is 0 Å². The zero-order valence-electron chi connectivity index (χ0n) is 13.7. The molecule has 1 aromatic rings. The van der Waals surface area contributed by atoms with Gasteiger partial charge in [-0.3, -0.25) is 14.6 Å². The lowest BCUT2D eigenvalue weighted by molar-refractivity contribution is -0.130. The number of likely N-dealkylation sites (tertiary alicyclic amines) is 2. The van der Waals surface area contributed by atoms with E-state index in [4.69, 9.17) is 0 Å². The van der Waals surface area contributed by atoms with E-state index in [9.17, 15) is 9.59 Å². The second-order valence-corrected chi connectivity index (χ2v) is 6.53. The van der Waals surface area contributed by atoms with E-state index in [1.807, 2.05) is 9.80 Å². The van der Waals surface area contributed by atoms with Crippen LogP contribution in [0.4, 0.5) is 0 Å².